The molecule has 0 aliphatic rings. The van der Waals surface area contributed by atoms with Crippen molar-refractivity contribution in [2.75, 3.05) is 0 Å². The van der Waals surface area contributed by atoms with Crippen LogP contribution in [0.4, 0.5) is 0 Å². The van der Waals surface area contributed by atoms with Gasteiger partial charge in [-0.3, -0.25) is 4.98 Å². The molecular formula is C16H11N3O. The maximum absolute atomic E-state index is 5.37. The third kappa shape index (κ3) is 2.73. The first-order chi connectivity index (χ1) is 9.81. The van der Waals surface area contributed by atoms with Gasteiger partial charge in [0, 0.05) is 36.0 Å². The van der Waals surface area contributed by atoms with Gasteiger partial charge in [0.05, 0.1) is 0 Å². The monoisotopic (exact) mass is 261 g/mol. The maximum Gasteiger partial charge on any atom is 0.247 e. The standard InChI is InChI=1S/C16H11N3O/c1-12-18-19-16(20-12)15-6-4-13(5-7-15)2-3-14-8-10-17-11-9-14/h4-11H,1H3. The van der Waals surface area contributed by atoms with Crippen LogP contribution in [0.3, 0.4) is 0 Å². The van der Waals surface area contributed by atoms with Gasteiger partial charge in [0.15, 0.2) is 0 Å². The first-order valence-electron chi connectivity index (χ1n) is 6.14. The molecule has 0 saturated heterocycles. The molecule has 1 aromatic carbocycles. The number of rotatable bonds is 1. The van der Waals surface area contributed by atoms with Crippen molar-refractivity contribution < 1.29 is 4.42 Å². The Kier molecular flexibility index (Phi) is 3.25. The summed E-state index contributed by atoms with van der Waals surface area (Å²) in [5.41, 5.74) is 2.76. The highest BCUT2D eigenvalue weighted by atomic mass is 16.4. The van der Waals surface area contributed by atoms with Gasteiger partial charge < -0.3 is 4.42 Å². The topological polar surface area (TPSA) is 51.8 Å². The molecule has 2 aromatic heterocycles. The zero-order valence-electron chi connectivity index (χ0n) is 10.9. The van der Waals surface area contributed by atoms with E-state index in [-0.39, 0.29) is 0 Å². The largest absolute Gasteiger partial charge is 0.421 e. The Morgan fingerprint density at radius 1 is 0.850 bits per heavy atom. The molecule has 4 heteroatoms. The third-order valence-corrected chi connectivity index (χ3v) is 2.69. The van der Waals surface area contributed by atoms with Crippen molar-refractivity contribution in [3.63, 3.8) is 0 Å². The van der Waals surface area contributed by atoms with Gasteiger partial charge in [-0.05, 0) is 36.4 Å². The van der Waals surface area contributed by atoms with Gasteiger partial charge in [-0.1, -0.05) is 11.8 Å². The zero-order chi connectivity index (χ0) is 13.8. The molecule has 3 rings (SSSR count). The van der Waals surface area contributed by atoms with Gasteiger partial charge >= 0.3 is 0 Å². The summed E-state index contributed by atoms with van der Waals surface area (Å²) < 4.78 is 5.37. The molecule has 0 radical (unpaired) electrons. The molecule has 0 atom stereocenters. The Bertz CT molecular complexity index is 765. The van der Waals surface area contributed by atoms with Crippen LogP contribution in [0.1, 0.15) is 17.0 Å². The summed E-state index contributed by atoms with van der Waals surface area (Å²) in [7, 11) is 0. The second kappa shape index (κ2) is 5.37. The van der Waals surface area contributed by atoms with E-state index in [1.807, 2.05) is 36.4 Å². The van der Waals surface area contributed by atoms with Crippen LogP contribution in [0.15, 0.2) is 53.2 Å². The Morgan fingerprint density at radius 3 is 2.10 bits per heavy atom. The van der Waals surface area contributed by atoms with Crippen molar-refractivity contribution in [2.24, 2.45) is 0 Å². The summed E-state index contributed by atoms with van der Waals surface area (Å²) >= 11 is 0. The Hall–Kier alpha value is -2.93. The van der Waals surface area contributed by atoms with E-state index in [1.165, 1.54) is 0 Å². The number of hydrogen-bond donors (Lipinski definition) is 0. The van der Waals surface area contributed by atoms with E-state index >= 15 is 0 Å². The van der Waals surface area contributed by atoms with Gasteiger partial charge in [0.1, 0.15) is 0 Å². The molecule has 0 fully saturated rings. The van der Waals surface area contributed by atoms with Gasteiger partial charge in [0.2, 0.25) is 11.8 Å². The molecular weight excluding hydrogens is 250 g/mol. The minimum Gasteiger partial charge on any atom is -0.421 e. The van der Waals surface area contributed by atoms with Crippen molar-refractivity contribution in [2.45, 2.75) is 6.92 Å². The molecule has 0 bridgehead atoms. The highest BCUT2D eigenvalue weighted by Gasteiger charge is 2.04. The summed E-state index contributed by atoms with van der Waals surface area (Å²) in [5.74, 6) is 7.26. The van der Waals surface area contributed by atoms with Crippen molar-refractivity contribution in [1.82, 2.24) is 15.2 Å². The fourth-order valence-corrected chi connectivity index (χ4v) is 1.69. The van der Waals surface area contributed by atoms with Crippen LogP contribution in [0, 0.1) is 18.8 Å². The van der Waals surface area contributed by atoms with Crippen LogP contribution >= 0.6 is 0 Å². The van der Waals surface area contributed by atoms with Crippen LogP contribution in [0.25, 0.3) is 11.5 Å². The summed E-state index contributed by atoms with van der Waals surface area (Å²) in [6, 6.07) is 11.5. The van der Waals surface area contributed by atoms with E-state index in [9.17, 15) is 0 Å². The van der Waals surface area contributed by atoms with Crippen molar-refractivity contribution in [3.8, 4) is 23.3 Å². The van der Waals surface area contributed by atoms with Crippen LogP contribution < -0.4 is 0 Å². The van der Waals surface area contributed by atoms with Crippen molar-refractivity contribution in [1.29, 1.82) is 0 Å². The average molecular weight is 261 g/mol. The average Bonchev–Trinajstić information content (AvgIpc) is 2.93. The first-order valence-corrected chi connectivity index (χ1v) is 6.14. The molecule has 3 aromatic rings. The summed E-state index contributed by atoms with van der Waals surface area (Å²) in [6.45, 7) is 1.77. The van der Waals surface area contributed by atoms with E-state index in [0.717, 1.165) is 16.7 Å². The van der Waals surface area contributed by atoms with Crippen molar-refractivity contribution >= 4 is 0 Å². The Balaban J connectivity index is 1.82. The highest BCUT2D eigenvalue weighted by Crippen LogP contribution is 2.17. The number of hydrogen-bond acceptors (Lipinski definition) is 4. The Labute approximate surface area is 116 Å². The van der Waals surface area contributed by atoms with Crippen molar-refractivity contribution in [3.05, 3.63) is 65.8 Å². The van der Waals surface area contributed by atoms with Gasteiger partial charge in [0.25, 0.3) is 0 Å². The van der Waals surface area contributed by atoms with Gasteiger partial charge in [-0.2, -0.15) is 0 Å². The molecule has 2 heterocycles. The lowest BCUT2D eigenvalue weighted by molar-refractivity contribution is 0.533. The molecule has 20 heavy (non-hydrogen) atoms. The predicted octanol–water partition coefficient (Wildman–Crippen LogP) is 2.84. The maximum atomic E-state index is 5.37. The van der Waals surface area contributed by atoms with E-state index < -0.39 is 0 Å². The molecule has 0 aliphatic carbocycles. The lowest BCUT2D eigenvalue weighted by Crippen LogP contribution is -1.80. The first kappa shape index (κ1) is 12.1. The van der Waals surface area contributed by atoms with Crippen LogP contribution in [-0.2, 0) is 0 Å². The normalized spacial score (nSPS) is 9.85. The molecule has 0 spiro atoms. The third-order valence-electron chi connectivity index (χ3n) is 2.69. The number of nitrogens with zero attached hydrogens (tertiary/aromatic N) is 3. The van der Waals surface area contributed by atoms with Crippen LogP contribution in [0.2, 0.25) is 0 Å². The summed E-state index contributed by atoms with van der Waals surface area (Å²) in [5, 5.41) is 7.79. The predicted molar refractivity (Wildman–Crippen MR) is 74.7 cm³/mol. The summed E-state index contributed by atoms with van der Waals surface area (Å²) in [6.07, 6.45) is 3.45. The summed E-state index contributed by atoms with van der Waals surface area (Å²) in [4.78, 5) is 3.96. The van der Waals surface area contributed by atoms with Gasteiger partial charge in [-0.25, -0.2) is 0 Å². The van der Waals surface area contributed by atoms with Crippen LogP contribution in [-0.4, -0.2) is 15.2 Å². The Morgan fingerprint density at radius 2 is 1.50 bits per heavy atom. The van der Waals surface area contributed by atoms with E-state index in [4.69, 9.17) is 4.42 Å². The minimum absolute atomic E-state index is 0.524. The fourth-order valence-electron chi connectivity index (χ4n) is 1.69. The molecule has 4 nitrogen and oxygen atoms in total. The number of pyridine rings is 1. The second-order valence-electron chi connectivity index (χ2n) is 4.19. The smallest absolute Gasteiger partial charge is 0.247 e. The second-order valence-corrected chi connectivity index (χ2v) is 4.19. The van der Waals surface area contributed by atoms with E-state index in [0.29, 0.717) is 11.8 Å². The number of aromatic nitrogens is 3. The fraction of sp³-hybridized carbons (Fsp3) is 0.0625. The molecule has 0 unspecified atom stereocenters. The molecule has 0 saturated carbocycles. The molecule has 96 valence electrons. The van der Waals surface area contributed by atoms with E-state index in [1.54, 1.807) is 19.3 Å². The number of aryl methyl sites for hydroxylation is 1. The zero-order valence-corrected chi connectivity index (χ0v) is 10.9. The lowest BCUT2D eigenvalue weighted by atomic mass is 10.1. The van der Waals surface area contributed by atoms with Gasteiger partial charge in [-0.15, -0.1) is 10.2 Å². The molecule has 0 aliphatic heterocycles. The SMILES string of the molecule is Cc1nnc(-c2ccc(C#Cc3ccncc3)cc2)o1. The molecule has 0 amide bonds. The lowest BCUT2D eigenvalue weighted by Gasteiger charge is -1.94. The van der Waals surface area contributed by atoms with Crippen LogP contribution in [0.5, 0.6) is 0 Å². The quantitative estimate of drug-likeness (QED) is 0.632. The molecule has 0 N–H and O–H groups in total. The van der Waals surface area contributed by atoms with E-state index in [2.05, 4.69) is 27.0 Å². The minimum atomic E-state index is 0.524. The highest BCUT2D eigenvalue weighted by molar-refractivity contribution is 5.55. The number of benzene rings is 1.